The van der Waals surface area contributed by atoms with E-state index in [0.717, 1.165) is 35.6 Å². The molecule has 0 unspecified atom stereocenters. The van der Waals surface area contributed by atoms with E-state index in [0.29, 0.717) is 12.1 Å². The van der Waals surface area contributed by atoms with Crippen molar-refractivity contribution in [3.8, 4) is 0 Å². The predicted molar refractivity (Wildman–Crippen MR) is 137 cm³/mol. The summed E-state index contributed by atoms with van der Waals surface area (Å²) in [7, 11) is -3.31. The fourth-order valence-electron chi connectivity index (χ4n) is 3.42. The average molecular weight is 452 g/mol. The second kappa shape index (κ2) is 12.2. The highest BCUT2D eigenvalue weighted by molar-refractivity contribution is 7.92. The Kier molecular flexibility index (Phi) is 8.99. The molecule has 6 heteroatoms. The smallest absolute Gasteiger partial charge is 0.232 e. The Morgan fingerprint density at radius 3 is 1.53 bits per heavy atom. The van der Waals surface area contributed by atoms with Crippen molar-refractivity contribution in [3.05, 3.63) is 78.9 Å². The third-order valence-electron chi connectivity index (χ3n) is 5.16. The van der Waals surface area contributed by atoms with Gasteiger partial charge in [0.25, 0.3) is 0 Å². The van der Waals surface area contributed by atoms with Gasteiger partial charge >= 0.3 is 0 Å². The lowest BCUT2D eigenvalue weighted by Gasteiger charge is -2.11. The highest BCUT2D eigenvalue weighted by atomic mass is 32.2. The zero-order valence-electron chi connectivity index (χ0n) is 18.7. The van der Waals surface area contributed by atoms with E-state index in [-0.39, 0.29) is 5.75 Å². The van der Waals surface area contributed by atoms with Gasteiger partial charge in [-0.3, -0.25) is 4.72 Å². The van der Waals surface area contributed by atoms with Crippen LogP contribution in [-0.2, 0) is 10.0 Å². The molecule has 3 aromatic carbocycles. The maximum Gasteiger partial charge on any atom is 0.232 e. The fourth-order valence-corrected chi connectivity index (χ4v) is 4.60. The maximum atomic E-state index is 12.3. The van der Waals surface area contributed by atoms with Crippen molar-refractivity contribution in [1.29, 1.82) is 0 Å². The summed E-state index contributed by atoms with van der Waals surface area (Å²) < 4.78 is 27.3. The molecule has 0 amide bonds. The molecule has 0 bridgehead atoms. The minimum atomic E-state index is -3.31. The lowest BCUT2D eigenvalue weighted by Crippen LogP contribution is -2.16. The Morgan fingerprint density at radius 1 is 0.562 bits per heavy atom. The molecular formula is C26H33N3O2S. The Labute approximate surface area is 192 Å². The van der Waals surface area contributed by atoms with Gasteiger partial charge in [-0.05, 0) is 67.1 Å². The van der Waals surface area contributed by atoms with Crippen LogP contribution in [-0.4, -0.2) is 14.2 Å². The molecule has 3 rings (SSSR count). The van der Waals surface area contributed by atoms with Crippen LogP contribution in [0.1, 0.15) is 45.4 Å². The molecule has 3 N–H and O–H groups in total. The van der Waals surface area contributed by atoms with Crippen LogP contribution in [0.15, 0.2) is 78.9 Å². The second-order valence-corrected chi connectivity index (χ2v) is 9.80. The summed E-state index contributed by atoms with van der Waals surface area (Å²) in [5.41, 5.74) is 4.50. The van der Waals surface area contributed by atoms with Crippen molar-refractivity contribution in [3.63, 3.8) is 0 Å². The minimum absolute atomic E-state index is 0.169. The topological polar surface area (TPSA) is 70.2 Å². The van der Waals surface area contributed by atoms with Gasteiger partial charge in [0.05, 0.1) is 5.75 Å². The van der Waals surface area contributed by atoms with Crippen LogP contribution >= 0.6 is 0 Å². The van der Waals surface area contributed by atoms with Gasteiger partial charge in [0.2, 0.25) is 10.0 Å². The number of sulfonamides is 1. The summed E-state index contributed by atoms with van der Waals surface area (Å²) in [6.45, 7) is 2.18. The normalized spacial score (nSPS) is 11.2. The number of anilines is 5. The highest BCUT2D eigenvalue weighted by Gasteiger charge is 2.10. The zero-order chi connectivity index (χ0) is 22.7. The van der Waals surface area contributed by atoms with E-state index < -0.39 is 10.0 Å². The first-order valence-electron chi connectivity index (χ1n) is 11.3. The third-order valence-corrected chi connectivity index (χ3v) is 6.53. The van der Waals surface area contributed by atoms with Crippen molar-refractivity contribution >= 4 is 38.5 Å². The molecule has 0 heterocycles. The molecule has 0 fully saturated rings. The monoisotopic (exact) mass is 451 g/mol. The molecule has 5 nitrogen and oxygen atoms in total. The molecular weight excluding hydrogens is 418 g/mol. The van der Waals surface area contributed by atoms with Gasteiger partial charge in [-0.2, -0.15) is 0 Å². The fraction of sp³-hybridized carbons (Fsp3) is 0.308. The van der Waals surface area contributed by atoms with Gasteiger partial charge in [0.1, 0.15) is 0 Å². The first kappa shape index (κ1) is 23.7. The quantitative estimate of drug-likeness (QED) is 0.239. The lowest BCUT2D eigenvalue weighted by molar-refractivity contribution is 0.588. The van der Waals surface area contributed by atoms with Crippen LogP contribution in [0.4, 0.5) is 28.4 Å². The van der Waals surface area contributed by atoms with Gasteiger partial charge in [0.15, 0.2) is 0 Å². The van der Waals surface area contributed by atoms with E-state index in [1.54, 1.807) is 12.1 Å². The van der Waals surface area contributed by atoms with Crippen LogP contribution in [0.5, 0.6) is 0 Å². The largest absolute Gasteiger partial charge is 0.356 e. The van der Waals surface area contributed by atoms with E-state index in [1.165, 1.54) is 19.3 Å². The van der Waals surface area contributed by atoms with E-state index in [4.69, 9.17) is 0 Å². The molecule has 3 aromatic rings. The molecule has 32 heavy (non-hydrogen) atoms. The van der Waals surface area contributed by atoms with Crippen LogP contribution in [0.2, 0.25) is 0 Å². The number of hydrogen-bond donors (Lipinski definition) is 3. The number of benzene rings is 3. The Bertz CT molecular complexity index is 1030. The predicted octanol–water partition coefficient (Wildman–Crippen LogP) is 7.28. The molecule has 0 aliphatic carbocycles. The maximum absolute atomic E-state index is 12.3. The molecule has 0 atom stereocenters. The molecule has 170 valence electrons. The Balaban J connectivity index is 1.47. The van der Waals surface area contributed by atoms with Crippen molar-refractivity contribution < 1.29 is 8.42 Å². The van der Waals surface area contributed by atoms with Crippen LogP contribution in [0.3, 0.4) is 0 Å². The standard InChI is InChI=1S/C26H33N3O2S/c1-2-3-4-5-6-10-21-32(30,31)29-26-19-17-25(18-20-26)28-24-15-13-23(14-16-24)27-22-11-8-7-9-12-22/h7-9,11-20,27-29H,2-6,10,21H2,1H3. The molecule has 0 saturated carbocycles. The van der Waals surface area contributed by atoms with Crippen molar-refractivity contribution in [2.75, 3.05) is 21.1 Å². The van der Waals surface area contributed by atoms with Gasteiger partial charge in [-0.15, -0.1) is 0 Å². The SMILES string of the molecule is CCCCCCCCS(=O)(=O)Nc1ccc(Nc2ccc(Nc3ccccc3)cc2)cc1. The highest BCUT2D eigenvalue weighted by Crippen LogP contribution is 2.23. The van der Waals surface area contributed by atoms with Gasteiger partial charge in [-0.1, -0.05) is 57.2 Å². The number of hydrogen-bond acceptors (Lipinski definition) is 4. The third kappa shape index (κ3) is 8.27. The summed E-state index contributed by atoms with van der Waals surface area (Å²) >= 11 is 0. The molecule has 0 aromatic heterocycles. The van der Waals surface area contributed by atoms with Crippen LogP contribution in [0.25, 0.3) is 0 Å². The number of nitrogens with one attached hydrogen (secondary N) is 3. The zero-order valence-corrected chi connectivity index (χ0v) is 19.5. The van der Waals surface area contributed by atoms with Gasteiger partial charge < -0.3 is 10.6 Å². The summed E-state index contributed by atoms with van der Waals surface area (Å²) in [6, 6.07) is 25.4. The first-order valence-corrected chi connectivity index (χ1v) is 13.0. The van der Waals surface area contributed by atoms with E-state index in [2.05, 4.69) is 22.3 Å². The number of para-hydroxylation sites is 1. The average Bonchev–Trinajstić information content (AvgIpc) is 2.79. The van der Waals surface area contributed by atoms with E-state index in [9.17, 15) is 8.42 Å². The van der Waals surface area contributed by atoms with Crippen molar-refractivity contribution in [2.45, 2.75) is 45.4 Å². The molecule has 0 aliphatic heterocycles. The van der Waals surface area contributed by atoms with Gasteiger partial charge in [0, 0.05) is 28.4 Å². The Hall–Kier alpha value is -2.99. The van der Waals surface area contributed by atoms with Crippen molar-refractivity contribution in [1.82, 2.24) is 0 Å². The Morgan fingerprint density at radius 2 is 1.00 bits per heavy atom. The molecule has 0 aliphatic rings. The molecule has 0 spiro atoms. The second-order valence-electron chi connectivity index (χ2n) is 7.96. The van der Waals surface area contributed by atoms with Crippen LogP contribution in [0, 0.1) is 0 Å². The van der Waals surface area contributed by atoms with E-state index >= 15 is 0 Å². The van der Waals surface area contributed by atoms with Crippen molar-refractivity contribution in [2.24, 2.45) is 0 Å². The molecule has 0 radical (unpaired) electrons. The first-order chi connectivity index (χ1) is 15.5. The number of unbranched alkanes of at least 4 members (excludes halogenated alkanes) is 5. The minimum Gasteiger partial charge on any atom is -0.356 e. The summed E-state index contributed by atoms with van der Waals surface area (Å²) in [5, 5.41) is 6.70. The summed E-state index contributed by atoms with van der Waals surface area (Å²) in [5.74, 6) is 0.169. The number of rotatable bonds is 13. The van der Waals surface area contributed by atoms with Crippen LogP contribution < -0.4 is 15.4 Å². The molecule has 0 saturated heterocycles. The lowest BCUT2D eigenvalue weighted by atomic mass is 10.1. The summed E-state index contributed by atoms with van der Waals surface area (Å²) in [4.78, 5) is 0. The summed E-state index contributed by atoms with van der Waals surface area (Å²) in [6.07, 6.45) is 6.37. The van der Waals surface area contributed by atoms with Gasteiger partial charge in [-0.25, -0.2) is 8.42 Å². The van der Waals surface area contributed by atoms with E-state index in [1.807, 2.05) is 66.7 Å².